The molecule has 1 aromatic rings. The number of rotatable bonds is 3. The molecule has 0 aliphatic rings. The van der Waals surface area contributed by atoms with Crippen molar-refractivity contribution in [1.82, 2.24) is 4.98 Å². The van der Waals surface area contributed by atoms with Crippen LogP contribution < -0.4 is 5.32 Å². The molecule has 0 bridgehead atoms. The topological polar surface area (TPSA) is 45.1 Å². The second-order valence-electron chi connectivity index (χ2n) is 2.14. The third kappa shape index (κ3) is 4.06. The number of halogens is 1. The summed E-state index contributed by atoms with van der Waals surface area (Å²) >= 11 is 9.96. The van der Waals surface area contributed by atoms with Crippen LogP contribution in [0.2, 0.25) is 5.02 Å². The van der Waals surface area contributed by atoms with E-state index >= 15 is 0 Å². The van der Waals surface area contributed by atoms with E-state index in [-0.39, 0.29) is 36.2 Å². The van der Waals surface area contributed by atoms with Gasteiger partial charge in [0.15, 0.2) is 0 Å². The minimum atomic E-state index is 0. The van der Waals surface area contributed by atoms with Crippen LogP contribution in [0.25, 0.3) is 0 Å². The third-order valence-electron chi connectivity index (χ3n) is 1.27. The van der Waals surface area contributed by atoms with E-state index in [1.165, 1.54) is 0 Å². The van der Waals surface area contributed by atoms with Gasteiger partial charge in [-0.25, -0.2) is 4.98 Å². The molecule has 6 heteroatoms. The van der Waals surface area contributed by atoms with Crippen LogP contribution in [-0.4, -0.2) is 52.8 Å². The number of thiol groups is 1. The Balaban J connectivity index is 0.00000144. The van der Waals surface area contributed by atoms with Gasteiger partial charge in [-0.1, -0.05) is 11.6 Å². The van der Waals surface area contributed by atoms with Gasteiger partial charge in [0.25, 0.3) is 0 Å². The van der Waals surface area contributed by atoms with Gasteiger partial charge >= 0.3 is 29.6 Å². The summed E-state index contributed by atoms with van der Waals surface area (Å²) in [4.78, 5) is 4.65. The van der Waals surface area contributed by atoms with Gasteiger partial charge in [0, 0.05) is 17.6 Å². The molecule has 1 heterocycles. The first-order valence-corrected chi connectivity index (χ1v) is 4.26. The average Bonchev–Trinajstić information content (AvgIpc) is 2.08. The number of aliphatic hydroxyl groups excluding tert-OH is 1. The Hall–Kier alpha value is 0.550. The fraction of sp³-hybridized carbons (Fsp3) is 0.286. The molecule has 0 saturated heterocycles. The van der Waals surface area contributed by atoms with Gasteiger partial charge in [-0.05, 0) is 6.07 Å². The van der Waals surface area contributed by atoms with Gasteiger partial charge in [-0.3, -0.25) is 0 Å². The molecule has 0 atom stereocenters. The van der Waals surface area contributed by atoms with E-state index < -0.39 is 0 Å². The fourth-order valence-electron chi connectivity index (χ4n) is 0.731. The normalized spacial score (nSPS) is 9.15. The summed E-state index contributed by atoms with van der Waals surface area (Å²) in [6.07, 6.45) is 1.61. The Labute approximate surface area is 110 Å². The van der Waals surface area contributed by atoms with Crippen molar-refractivity contribution in [1.29, 1.82) is 0 Å². The van der Waals surface area contributed by atoms with E-state index in [9.17, 15) is 0 Å². The van der Waals surface area contributed by atoms with Gasteiger partial charge in [0.2, 0.25) is 0 Å². The van der Waals surface area contributed by atoms with E-state index in [1.54, 1.807) is 12.3 Å². The Bertz CT molecular complexity index is 275. The maximum absolute atomic E-state index is 8.54. The molecule has 0 amide bonds. The first-order valence-electron chi connectivity index (χ1n) is 3.44. The number of hydrogen-bond acceptors (Lipinski definition) is 4. The summed E-state index contributed by atoms with van der Waals surface area (Å²) in [6.45, 7) is 0.485. The van der Waals surface area contributed by atoms with Crippen molar-refractivity contribution in [2.75, 3.05) is 18.5 Å². The quantitative estimate of drug-likeness (QED) is 0.529. The number of anilines is 1. The van der Waals surface area contributed by atoms with Crippen LogP contribution in [0.5, 0.6) is 0 Å². The van der Waals surface area contributed by atoms with Crippen LogP contribution >= 0.6 is 24.2 Å². The monoisotopic (exact) mass is 228 g/mol. The van der Waals surface area contributed by atoms with E-state index in [1.807, 2.05) is 0 Å². The molecule has 0 saturated carbocycles. The van der Waals surface area contributed by atoms with Gasteiger partial charge in [-0.15, -0.1) is 12.6 Å². The van der Waals surface area contributed by atoms with Crippen molar-refractivity contribution >= 4 is 59.6 Å². The summed E-state index contributed by atoms with van der Waals surface area (Å²) in [7, 11) is 0. The molecule has 0 radical (unpaired) electrons. The van der Waals surface area contributed by atoms with E-state index in [4.69, 9.17) is 16.7 Å². The standard InChI is InChI=1S/C7H9ClN2OS.Na.H/c8-6-5(12)1-2-9-7(6)10-3-4-11;;/h1-2,11H,3-4H2,(H2,9,10,12);;. The summed E-state index contributed by atoms with van der Waals surface area (Å²) < 4.78 is 0. The zero-order valence-corrected chi connectivity index (χ0v) is 7.94. The number of nitrogens with one attached hydrogen (secondary N) is 1. The van der Waals surface area contributed by atoms with Crippen molar-refractivity contribution < 1.29 is 5.11 Å². The van der Waals surface area contributed by atoms with Gasteiger partial charge in [0.1, 0.15) is 5.82 Å². The third-order valence-corrected chi connectivity index (χ3v) is 2.16. The number of hydrogen-bond donors (Lipinski definition) is 3. The second kappa shape index (κ2) is 6.92. The predicted octanol–water partition coefficient (Wildman–Crippen LogP) is 0.779. The summed E-state index contributed by atoms with van der Waals surface area (Å²) in [5, 5.41) is 11.9. The number of pyridine rings is 1. The van der Waals surface area contributed by atoms with Crippen LogP contribution in [-0.2, 0) is 0 Å². The molecule has 0 fully saturated rings. The van der Waals surface area contributed by atoms with Gasteiger partial charge in [-0.2, -0.15) is 0 Å². The van der Waals surface area contributed by atoms with Crippen molar-refractivity contribution in [3.63, 3.8) is 0 Å². The van der Waals surface area contributed by atoms with Crippen LogP contribution in [0.15, 0.2) is 17.2 Å². The minimum absolute atomic E-state index is 0. The zero-order chi connectivity index (χ0) is 8.97. The van der Waals surface area contributed by atoms with Crippen LogP contribution in [0.4, 0.5) is 5.82 Å². The molecular weight excluding hydrogens is 219 g/mol. The molecule has 1 aromatic heterocycles. The van der Waals surface area contributed by atoms with Crippen molar-refractivity contribution in [2.45, 2.75) is 4.90 Å². The number of aromatic nitrogens is 1. The molecule has 13 heavy (non-hydrogen) atoms. The summed E-state index contributed by atoms with van der Waals surface area (Å²) in [5.74, 6) is 0.554. The van der Waals surface area contributed by atoms with Crippen molar-refractivity contribution in [3.05, 3.63) is 17.3 Å². The molecule has 68 valence electrons. The second-order valence-corrected chi connectivity index (χ2v) is 3.00. The van der Waals surface area contributed by atoms with Gasteiger partial charge < -0.3 is 10.4 Å². The summed E-state index contributed by atoms with van der Waals surface area (Å²) in [5.41, 5.74) is 0. The zero-order valence-electron chi connectivity index (χ0n) is 6.29. The molecule has 1 rings (SSSR count). The van der Waals surface area contributed by atoms with Crippen molar-refractivity contribution in [2.24, 2.45) is 0 Å². The molecular formula is C7H10ClN2NaOS. The maximum atomic E-state index is 8.54. The Morgan fingerprint density at radius 2 is 2.31 bits per heavy atom. The number of aliphatic hydroxyl groups is 1. The van der Waals surface area contributed by atoms with Crippen LogP contribution in [0, 0.1) is 0 Å². The average molecular weight is 229 g/mol. The Kier molecular flexibility index (Phi) is 7.22. The first-order chi connectivity index (χ1) is 5.75. The van der Waals surface area contributed by atoms with E-state index in [2.05, 4.69) is 22.9 Å². The molecule has 0 spiro atoms. The molecule has 0 unspecified atom stereocenters. The SMILES string of the molecule is OCCNc1nccc(S)c1Cl.[NaH]. The van der Waals surface area contributed by atoms with E-state index in [0.29, 0.717) is 22.3 Å². The molecule has 0 aromatic carbocycles. The Morgan fingerprint density at radius 1 is 1.62 bits per heavy atom. The van der Waals surface area contributed by atoms with Gasteiger partial charge in [0.05, 0.1) is 11.6 Å². The Morgan fingerprint density at radius 3 is 2.92 bits per heavy atom. The predicted molar refractivity (Wildman–Crippen MR) is 59.2 cm³/mol. The van der Waals surface area contributed by atoms with Crippen LogP contribution in [0.3, 0.4) is 0 Å². The van der Waals surface area contributed by atoms with Crippen LogP contribution in [0.1, 0.15) is 0 Å². The molecule has 0 aliphatic heterocycles. The molecule has 3 nitrogen and oxygen atoms in total. The van der Waals surface area contributed by atoms with Crippen molar-refractivity contribution in [3.8, 4) is 0 Å². The fourth-order valence-corrected chi connectivity index (χ4v) is 1.08. The molecule has 0 aliphatic carbocycles. The molecule has 2 N–H and O–H groups in total. The number of nitrogens with zero attached hydrogens (tertiary/aromatic N) is 1. The first kappa shape index (κ1) is 13.5. The van der Waals surface area contributed by atoms with E-state index in [0.717, 1.165) is 0 Å². The summed E-state index contributed by atoms with van der Waals surface area (Å²) in [6, 6.07) is 1.70.